The molecule has 0 unspecified atom stereocenters. The lowest BCUT2D eigenvalue weighted by atomic mass is 9.83. The summed E-state index contributed by atoms with van der Waals surface area (Å²) >= 11 is 0. The summed E-state index contributed by atoms with van der Waals surface area (Å²) < 4.78 is 5.77. The molecule has 0 radical (unpaired) electrons. The second-order valence-corrected chi connectivity index (χ2v) is 8.86. The number of nitrogens with zero attached hydrogens (tertiary/aromatic N) is 1. The van der Waals surface area contributed by atoms with Crippen LogP contribution in [-0.4, -0.2) is 43.7 Å². The second-order valence-electron chi connectivity index (χ2n) is 8.86. The van der Waals surface area contributed by atoms with Gasteiger partial charge in [-0.15, -0.1) is 0 Å². The standard InChI is InChI=1S/C28H30N2O2/c1-20-11-13-21(14-12-20)23-9-5-6-10-24(23)25-17-29-18-26(25)28(31)30-15-16-32-19-27(30)22-7-3-2-4-8-22/h2-14,25-27,29H,15-19H2,1H3/t25-,26+,27+/m0/s1. The minimum atomic E-state index is -0.0779. The van der Waals surface area contributed by atoms with E-state index in [2.05, 4.69) is 77.8 Å². The zero-order valence-electron chi connectivity index (χ0n) is 18.5. The monoisotopic (exact) mass is 426 g/mol. The number of benzene rings is 3. The van der Waals surface area contributed by atoms with E-state index in [1.165, 1.54) is 22.3 Å². The van der Waals surface area contributed by atoms with Gasteiger partial charge in [0.15, 0.2) is 0 Å². The normalized spacial score (nSPS) is 23.3. The molecule has 3 atom stereocenters. The Morgan fingerprint density at radius 3 is 2.50 bits per heavy atom. The van der Waals surface area contributed by atoms with Gasteiger partial charge in [0.25, 0.3) is 0 Å². The summed E-state index contributed by atoms with van der Waals surface area (Å²) in [6, 6.07) is 27.5. The lowest BCUT2D eigenvalue weighted by molar-refractivity contribution is -0.144. The number of ether oxygens (including phenoxy) is 1. The number of aryl methyl sites for hydroxylation is 1. The average Bonchev–Trinajstić information content (AvgIpc) is 3.34. The number of amides is 1. The Bertz CT molecular complexity index is 1060. The van der Waals surface area contributed by atoms with Crippen LogP contribution in [0.5, 0.6) is 0 Å². The fraction of sp³-hybridized carbons (Fsp3) is 0.321. The van der Waals surface area contributed by atoms with E-state index in [1.807, 2.05) is 18.2 Å². The van der Waals surface area contributed by atoms with Crippen LogP contribution in [0.25, 0.3) is 11.1 Å². The van der Waals surface area contributed by atoms with Gasteiger partial charge in [0.2, 0.25) is 5.91 Å². The Kier molecular flexibility index (Phi) is 6.06. The SMILES string of the molecule is Cc1ccc(-c2ccccc2[C@@H]2CNC[C@H]2C(=O)N2CCOC[C@@H]2c2ccccc2)cc1. The second kappa shape index (κ2) is 9.27. The molecule has 4 heteroatoms. The molecule has 0 aliphatic carbocycles. The van der Waals surface area contributed by atoms with Crippen molar-refractivity contribution in [1.82, 2.24) is 10.2 Å². The molecule has 0 saturated carbocycles. The van der Waals surface area contributed by atoms with Crippen LogP contribution >= 0.6 is 0 Å². The Labute approximate surface area is 190 Å². The lowest BCUT2D eigenvalue weighted by Crippen LogP contribution is -2.47. The summed E-state index contributed by atoms with van der Waals surface area (Å²) in [6.07, 6.45) is 0. The molecule has 1 amide bonds. The van der Waals surface area contributed by atoms with Crippen molar-refractivity contribution in [3.05, 3.63) is 95.6 Å². The highest BCUT2D eigenvalue weighted by Gasteiger charge is 2.40. The molecular formula is C28H30N2O2. The van der Waals surface area contributed by atoms with E-state index in [0.29, 0.717) is 26.3 Å². The van der Waals surface area contributed by atoms with Crippen LogP contribution in [0.4, 0.5) is 0 Å². The molecule has 2 heterocycles. The van der Waals surface area contributed by atoms with Gasteiger partial charge in [0.1, 0.15) is 0 Å². The zero-order valence-corrected chi connectivity index (χ0v) is 18.5. The predicted molar refractivity (Wildman–Crippen MR) is 127 cm³/mol. The first-order valence-electron chi connectivity index (χ1n) is 11.5. The largest absolute Gasteiger partial charge is 0.377 e. The van der Waals surface area contributed by atoms with Gasteiger partial charge in [0.05, 0.1) is 25.2 Å². The van der Waals surface area contributed by atoms with Crippen LogP contribution in [0, 0.1) is 12.8 Å². The van der Waals surface area contributed by atoms with Gasteiger partial charge in [-0.2, -0.15) is 0 Å². The molecule has 2 saturated heterocycles. The summed E-state index contributed by atoms with van der Waals surface area (Å²) in [6.45, 7) is 5.43. The molecule has 0 bridgehead atoms. The van der Waals surface area contributed by atoms with Crippen molar-refractivity contribution in [3.8, 4) is 11.1 Å². The number of nitrogens with one attached hydrogen (secondary N) is 1. The molecule has 2 fully saturated rings. The van der Waals surface area contributed by atoms with Crippen LogP contribution < -0.4 is 5.32 Å². The Balaban J connectivity index is 1.45. The Morgan fingerprint density at radius 2 is 1.69 bits per heavy atom. The number of hydrogen-bond donors (Lipinski definition) is 1. The fourth-order valence-electron chi connectivity index (χ4n) is 5.11. The van der Waals surface area contributed by atoms with Gasteiger partial charge >= 0.3 is 0 Å². The smallest absolute Gasteiger partial charge is 0.228 e. The third-order valence-corrected chi connectivity index (χ3v) is 6.85. The van der Waals surface area contributed by atoms with Crippen molar-refractivity contribution in [2.45, 2.75) is 18.9 Å². The minimum Gasteiger partial charge on any atom is -0.377 e. The van der Waals surface area contributed by atoms with Crippen molar-refractivity contribution in [2.75, 3.05) is 32.8 Å². The third-order valence-electron chi connectivity index (χ3n) is 6.85. The maximum absolute atomic E-state index is 13.9. The summed E-state index contributed by atoms with van der Waals surface area (Å²) in [4.78, 5) is 15.9. The number of hydrogen-bond acceptors (Lipinski definition) is 3. The van der Waals surface area contributed by atoms with E-state index in [-0.39, 0.29) is 23.8 Å². The molecule has 0 aromatic heterocycles. The first kappa shape index (κ1) is 20.9. The van der Waals surface area contributed by atoms with Crippen LogP contribution in [-0.2, 0) is 9.53 Å². The van der Waals surface area contributed by atoms with Crippen LogP contribution in [0.3, 0.4) is 0 Å². The highest BCUT2D eigenvalue weighted by atomic mass is 16.5. The summed E-state index contributed by atoms with van der Waals surface area (Å²) in [5.74, 6) is 0.307. The molecule has 164 valence electrons. The van der Waals surface area contributed by atoms with Crippen LogP contribution in [0.2, 0.25) is 0 Å². The topological polar surface area (TPSA) is 41.6 Å². The molecule has 2 aliphatic heterocycles. The van der Waals surface area contributed by atoms with E-state index in [4.69, 9.17) is 4.74 Å². The number of carbonyl (C=O) groups is 1. The van der Waals surface area contributed by atoms with Crippen molar-refractivity contribution >= 4 is 5.91 Å². The zero-order chi connectivity index (χ0) is 21.9. The van der Waals surface area contributed by atoms with Gasteiger partial charge in [0, 0.05) is 25.6 Å². The fourth-order valence-corrected chi connectivity index (χ4v) is 5.11. The lowest BCUT2D eigenvalue weighted by Gasteiger charge is -2.38. The summed E-state index contributed by atoms with van der Waals surface area (Å²) in [7, 11) is 0. The Hall–Kier alpha value is -2.95. The van der Waals surface area contributed by atoms with Gasteiger partial charge in [-0.25, -0.2) is 0 Å². The molecule has 3 aromatic carbocycles. The number of rotatable bonds is 4. The number of morpholine rings is 1. The van der Waals surface area contributed by atoms with E-state index in [0.717, 1.165) is 12.1 Å². The first-order valence-corrected chi connectivity index (χ1v) is 11.5. The van der Waals surface area contributed by atoms with Crippen molar-refractivity contribution < 1.29 is 9.53 Å². The predicted octanol–water partition coefficient (Wildman–Crippen LogP) is 4.57. The molecule has 4 nitrogen and oxygen atoms in total. The highest BCUT2D eigenvalue weighted by Crippen LogP contribution is 2.38. The molecule has 5 rings (SSSR count). The van der Waals surface area contributed by atoms with Crippen molar-refractivity contribution in [2.24, 2.45) is 5.92 Å². The summed E-state index contributed by atoms with van der Waals surface area (Å²) in [5.41, 5.74) is 6.08. The Morgan fingerprint density at radius 1 is 0.938 bits per heavy atom. The maximum Gasteiger partial charge on any atom is 0.228 e. The van der Waals surface area contributed by atoms with Gasteiger partial charge < -0.3 is 15.0 Å². The van der Waals surface area contributed by atoms with E-state index >= 15 is 0 Å². The summed E-state index contributed by atoms with van der Waals surface area (Å²) in [5, 5.41) is 3.50. The average molecular weight is 427 g/mol. The van der Waals surface area contributed by atoms with E-state index < -0.39 is 0 Å². The third kappa shape index (κ3) is 4.08. The molecule has 32 heavy (non-hydrogen) atoms. The molecular weight excluding hydrogens is 396 g/mol. The molecule has 2 aliphatic rings. The molecule has 1 N–H and O–H groups in total. The first-order chi connectivity index (χ1) is 15.7. The van der Waals surface area contributed by atoms with E-state index in [9.17, 15) is 4.79 Å². The minimum absolute atomic E-state index is 0.0222. The van der Waals surface area contributed by atoms with Gasteiger partial charge in [-0.05, 0) is 29.2 Å². The van der Waals surface area contributed by atoms with Crippen molar-refractivity contribution in [3.63, 3.8) is 0 Å². The van der Waals surface area contributed by atoms with Gasteiger partial charge in [-0.1, -0.05) is 84.4 Å². The molecule has 0 spiro atoms. The number of carbonyl (C=O) groups excluding carboxylic acids is 1. The quantitative estimate of drug-likeness (QED) is 0.665. The van der Waals surface area contributed by atoms with Crippen molar-refractivity contribution in [1.29, 1.82) is 0 Å². The van der Waals surface area contributed by atoms with Crippen LogP contribution in [0.1, 0.15) is 28.7 Å². The molecule has 3 aromatic rings. The van der Waals surface area contributed by atoms with Gasteiger partial charge in [-0.3, -0.25) is 4.79 Å². The maximum atomic E-state index is 13.9. The van der Waals surface area contributed by atoms with Crippen LogP contribution in [0.15, 0.2) is 78.9 Å². The highest BCUT2D eigenvalue weighted by molar-refractivity contribution is 5.82. The van der Waals surface area contributed by atoms with E-state index in [1.54, 1.807) is 0 Å².